The molecule has 1 atom stereocenters. The van der Waals surface area contributed by atoms with Crippen molar-refractivity contribution >= 4 is 5.57 Å². The molecule has 1 saturated heterocycles. The van der Waals surface area contributed by atoms with Crippen LogP contribution in [-0.4, -0.2) is 37.7 Å². The van der Waals surface area contributed by atoms with Crippen LogP contribution in [0.15, 0.2) is 28.9 Å². The lowest BCUT2D eigenvalue weighted by Gasteiger charge is -2.26. The van der Waals surface area contributed by atoms with Crippen LogP contribution in [0.5, 0.6) is 0 Å². The third-order valence-electron chi connectivity index (χ3n) is 4.18. The minimum atomic E-state index is 0.810. The molecule has 0 aromatic carbocycles. The molecule has 0 bridgehead atoms. The van der Waals surface area contributed by atoms with Gasteiger partial charge in [0.1, 0.15) is 5.76 Å². The highest BCUT2D eigenvalue weighted by Gasteiger charge is 2.18. The minimum Gasteiger partial charge on any atom is -0.465 e. The van der Waals surface area contributed by atoms with E-state index in [0.29, 0.717) is 0 Å². The smallest absolute Gasteiger partial charge is 0.130 e. The van der Waals surface area contributed by atoms with Crippen molar-refractivity contribution in [3.05, 3.63) is 30.2 Å². The zero-order valence-corrected chi connectivity index (χ0v) is 11.5. The Morgan fingerprint density at radius 1 is 1.37 bits per heavy atom. The number of hydrogen-bond donors (Lipinski definition) is 0. The van der Waals surface area contributed by atoms with E-state index >= 15 is 0 Å². The third-order valence-corrected chi connectivity index (χ3v) is 4.18. The van der Waals surface area contributed by atoms with Crippen molar-refractivity contribution in [3.8, 4) is 0 Å². The molecule has 3 heterocycles. The second kappa shape index (κ2) is 6.40. The van der Waals surface area contributed by atoms with Gasteiger partial charge >= 0.3 is 0 Å². The molecule has 1 fully saturated rings. The quantitative estimate of drug-likeness (QED) is 0.814. The molecule has 2 aliphatic heterocycles. The highest BCUT2D eigenvalue weighted by Crippen LogP contribution is 2.22. The summed E-state index contributed by atoms with van der Waals surface area (Å²) in [5.74, 6) is 1.85. The summed E-state index contributed by atoms with van der Waals surface area (Å²) in [7, 11) is 0. The van der Waals surface area contributed by atoms with Crippen molar-refractivity contribution in [1.29, 1.82) is 0 Å². The van der Waals surface area contributed by atoms with Crippen molar-refractivity contribution in [3.63, 3.8) is 0 Å². The molecule has 0 aliphatic carbocycles. The minimum absolute atomic E-state index is 0.810. The first-order valence-electron chi connectivity index (χ1n) is 7.45. The molecule has 1 aromatic rings. The number of hydrogen-bond acceptors (Lipinski definition) is 3. The number of nitrogens with zero attached hydrogens (tertiary/aromatic N) is 1. The highest BCUT2D eigenvalue weighted by molar-refractivity contribution is 5.63. The van der Waals surface area contributed by atoms with Gasteiger partial charge in [0.2, 0.25) is 0 Å². The van der Waals surface area contributed by atoms with E-state index in [1.807, 2.05) is 6.07 Å². The van der Waals surface area contributed by atoms with Crippen LogP contribution in [-0.2, 0) is 4.74 Å². The van der Waals surface area contributed by atoms with Gasteiger partial charge in [-0.05, 0) is 50.3 Å². The molecule has 19 heavy (non-hydrogen) atoms. The maximum atomic E-state index is 5.50. The Labute approximate surface area is 115 Å². The Bertz CT molecular complexity index is 404. The second-order valence-corrected chi connectivity index (χ2v) is 5.64. The van der Waals surface area contributed by atoms with E-state index in [4.69, 9.17) is 9.15 Å². The Kier molecular flexibility index (Phi) is 4.36. The van der Waals surface area contributed by atoms with Gasteiger partial charge in [0.15, 0.2) is 0 Å². The molecule has 0 amide bonds. The molecule has 104 valence electrons. The van der Waals surface area contributed by atoms with Crippen LogP contribution in [0.2, 0.25) is 0 Å². The molecule has 1 unspecified atom stereocenters. The molecule has 2 aliphatic rings. The third kappa shape index (κ3) is 3.48. The largest absolute Gasteiger partial charge is 0.465 e. The van der Waals surface area contributed by atoms with Crippen molar-refractivity contribution < 1.29 is 9.15 Å². The van der Waals surface area contributed by atoms with E-state index in [-0.39, 0.29) is 0 Å². The number of rotatable bonds is 5. The van der Waals surface area contributed by atoms with E-state index in [0.717, 1.165) is 37.9 Å². The number of furan rings is 1. The monoisotopic (exact) mass is 261 g/mol. The van der Waals surface area contributed by atoms with Crippen LogP contribution >= 0.6 is 0 Å². The van der Waals surface area contributed by atoms with Crippen molar-refractivity contribution in [2.45, 2.75) is 25.7 Å². The van der Waals surface area contributed by atoms with Gasteiger partial charge in [0.25, 0.3) is 0 Å². The summed E-state index contributed by atoms with van der Waals surface area (Å²) in [6.07, 6.45) is 9.09. The summed E-state index contributed by atoms with van der Waals surface area (Å²) in [5, 5.41) is 0. The van der Waals surface area contributed by atoms with Crippen LogP contribution in [0.25, 0.3) is 5.57 Å². The molecule has 3 rings (SSSR count). The van der Waals surface area contributed by atoms with Crippen molar-refractivity contribution in [2.75, 3.05) is 32.8 Å². The summed E-state index contributed by atoms with van der Waals surface area (Å²) in [6.45, 7) is 5.38. The van der Waals surface area contributed by atoms with Crippen molar-refractivity contribution in [1.82, 2.24) is 4.90 Å². The maximum Gasteiger partial charge on any atom is 0.130 e. The SMILES string of the molecule is C1=C(c2ccco2)CN(CCCC2CCOC2)CC1. The molecule has 3 heteroatoms. The summed E-state index contributed by atoms with van der Waals surface area (Å²) >= 11 is 0. The fourth-order valence-electron chi connectivity index (χ4n) is 3.05. The first-order chi connectivity index (χ1) is 9.42. The lowest BCUT2D eigenvalue weighted by Crippen LogP contribution is -2.30. The summed E-state index contributed by atoms with van der Waals surface area (Å²) in [5.41, 5.74) is 1.35. The summed E-state index contributed by atoms with van der Waals surface area (Å²) in [4.78, 5) is 2.55. The molecular formula is C16H23NO2. The fourth-order valence-corrected chi connectivity index (χ4v) is 3.05. The van der Waals surface area contributed by atoms with E-state index < -0.39 is 0 Å². The first-order valence-corrected chi connectivity index (χ1v) is 7.45. The van der Waals surface area contributed by atoms with Gasteiger partial charge in [-0.15, -0.1) is 0 Å². The van der Waals surface area contributed by atoms with E-state index in [1.165, 1.54) is 37.9 Å². The van der Waals surface area contributed by atoms with Gasteiger partial charge in [-0.3, -0.25) is 4.90 Å². The fraction of sp³-hybridized carbons (Fsp3) is 0.625. The Morgan fingerprint density at radius 3 is 3.16 bits per heavy atom. The van der Waals surface area contributed by atoms with Crippen molar-refractivity contribution in [2.24, 2.45) is 5.92 Å². The van der Waals surface area contributed by atoms with Gasteiger partial charge in [0, 0.05) is 31.9 Å². The van der Waals surface area contributed by atoms with Gasteiger partial charge in [-0.1, -0.05) is 6.08 Å². The topological polar surface area (TPSA) is 25.6 Å². The van der Waals surface area contributed by atoms with Gasteiger partial charge < -0.3 is 9.15 Å². The lowest BCUT2D eigenvalue weighted by molar-refractivity contribution is 0.182. The molecule has 0 radical (unpaired) electrons. The first kappa shape index (κ1) is 12.9. The van der Waals surface area contributed by atoms with Crippen LogP contribution in [0.3, 0.4) is 0 Å². The maximum absolute atomic E-state index is 5.50. The lowest BCUT2D eigenvalue weighted by atomic mass is 10.0. The molecule has 0 spiro atoms. The Balaban J connectivity index is 1.43. The predicted octanol–water partition coefficient (Wildman–Crippen LogP) is 3.19. The van der Waals surface area contributed by atoms with E-state index in [9.17, 15) is 0 Å². The standard InChI is InChI=1S/C16H23NO2/c1(4-14-7-11-18-13-14)8-17-9-2-5-15(12-17)16-6-3-10-19-16/h3,5-6,10,14H,1-2,4,7-9,11-13H2. The molecule has 0 N–H and O–H groups in total. The molecule has 3 nitrogen and oxygen atoms in total. The highest BCUT2D eigenvalue weighted by atomic mass is 16.5. The van der Waals surface area contributed by atoms with Gasteiger partial charge in [-0.2, -0.15) is 0 Å². The number of ether oxygens (including phenoxy) is 1. The van der Waals surface area contributed by atoms with Crippen LogP contribution in [0.4, 0.5) is 0 Å². The van der Waals surface area contributed by atoms with E-state index in [1.54, 1.807) is 6.26 Å². The zero-order chi connectivity index (χ0) is 12.9. The van der Waals surface area contributed by atoms with E-state index in [2.05, 4.69) is 17.0 Å². The normalized spacial score (nSPS) is 24.6. The average molecular weight is 261 g/mol. The van der Waals surface area contributed by atoms with Crippen LogP contribution < -0.4 is 0 Å². The van der Waals surface area contributed by atoms with Gasteiger partial charge in [-0.25, -0.2) is 0 Å². The Hall–Kier alpha value is -1.06. The second-order valence-electron chi connectivity index (χ2n) is 5.64. The summed E-state index contributed by atoms with van der Waals surface area (Å²) < 4.78 is 10.9. The predicted molar refractivity (Wildman–Crippen MR) is 75.9 cm³/mol. The molecule has 1 aromatic heterocycles. The summed E-state index contributed by atoms with van der Waals surface area (Å²) in [6, 6.07) is 4.03. The van der Waals surface area contributed by atoms with Gasteiger partial charge in [0.05, 0.1) is 6.26 Å². The van der Waals surface area contributed by atoms with Crippen LogP contribution in [0.1, 0.15) is 31.4 Å². The molecule has 0 saturated carbocycles. The van der Waals surface area contributed by atoms with Crippen LogP contribution in [0, 0.1) is 5.92 Å². The zero-order valence-electron chi connectivity index (χ0n) is 11.5. The molecular weight excluding hydrogens is 238 g/mol. The Morgan fingerprint density at radius 2 is 2.37 bits per heavy atom. The average Bonchev–Trinajstić information content (AvgIpc) is 3.12.